The average Bonchev–Trinajstić information content (AvgIpc) is 2.84. The van der Waals surface area contributed by atoms with Gasteiger partial charge in [-0.25, -0.2) is 0 Å². The molecule has 3 unspecified atom stereocenters. The Hall–Kier alpha value is -0.970. The van der Waals surface area contributed by atoms with Crippen LogP contribution in [0.3, 0.4) is 0 Å². The molecule has 106 valence electrons. The smallest absolute Gasteiger partial charge is 0.147 e. The molecule has 0 spiro atoms. The van der Waals surface area contributed by atoms with Crippen LogP contribution in [0.2, 0.25) is 5.02 Å². The van der Waals surface area contributed by atoms with E-state index in [2.05, 4.69) is 0 Å². The molecule has 1 heterocycles. The van der Waals surface area contributed by atoms with Gasteiger partial charge < -0.3 is 19.3 Å². The third-order valence-corrected chi connectivity index (χ3v) is 3.81. The molecule has 1 aromatic rings. The van der Waals surface area contributed by atoms with Crippen LogP contribution in [0.15, 0.2) is 12.1 Å². The minimum absolute atomic E-state index is 0.180. The third kappa shape index (κ3) is 2.81. The van der Waals surface area contributed by atoms with Crippen molar-refractivity contribution in [3.05, 3.63) is 22.7 Å². The van der Waals surface area contributed by atoms with E-state index in [1.165, 1.54) is 7.11 Å². The largest absolute Gasteiger partial charge is 0.495 e. The number of aliphatic hydroxyl groups is 1. The fourth-order valence-electron chi connectivity index (χ4n) is 2.42. The first kappa shape index (κ1) is 14.4. The van der Waals surface area contributed by atoms with Crippen molar-refractivity contribution in [1.29, 1.82) is 0 Å². The van der Waals surface area contributed by atoms with Crippen LogP contribution < -0.4 is 9.47 Å². The van der Waals surface area contributed by atoms with Gasteiger partial charge in [-0.1, -0.05) is 11.6 Å². The summed E-state index contributed by atoms with van der Waals surface area (Å²) in [5.41, 5.74) is 0.632. The Kier molecular flexibility index (Phi) is 4.55. The molecule has 1 N–H and O–H groups in total. The summed E-state index contributed by atoms with van der Waals surface area (Å²) in [4.78, 5) is 0. The molecule has 0 aliphatic carbocycles. The summed E-state index contributed by atoms with van der Waals surface area (Å²) < 4.78 is 16.1. The van der Waals surface area contributed by atoms with E-state index in [1.54, 1.807) is 19.2 Å². The number of hydrogen-bond acceptors (Lipinski definition) is 4. The van der Waals surface area contributed by atoms with Gasteiger partial charge in [-0.15, -0.1) is 0 Å². The summed E-state index contributed by atoms with van der Waals surface area (Å²) in [5.74, 6) is 0.965. The SMILES string of the molecule is COc1ccc(C(O)C2CCC(C)O2)c(OC)c1Cl. The van der Waals surface area contributed by atoms with E-state index >= 15 is 0 Å². The van der Waals surface area contributed by atoms with Crippen molar-refractivity contribution in [2.45, 2.75) is 38.1 Å². The molecule has 1 aliphatic rings. The predicted octanol–water partition coefficient (Wildman–Crippen LogP) is 2.96. The van der Waals surface area contributed by atoms with Gasteiger partial charge in [0, 0.05) is 5.56 Å². The highest BCUT2D eigenvalue weighted by molar-refractivity contribution is 6.33. The molecule has 19 heavy (non-hydrogen) atoms. The molecule has 2 rings (SSSR count). The Morgan fingerprint density at radius 1 is 1.32 bits per heavy atom. The van der Waals surface area contributed by atoms with Gasteiger partial charge in [0.2, 0.25) is 0 Å². The normalized spacial score (nSPS) is 24.3. The Morgan fingerprint density at radius 2 is 2.05 bits per heavy atom. The van der Waals surface area contributed by atoms with Gasteiger partial charge in [-0.05, 0) is 31.9 Å². The molecule has 0 aromatic heterocycles. The van der Waals surface area contributed by atoms with E-state index < -0.39 is 6.10 Å². The number of halogens is 1. The van der Waals surface area contributed by atoms with Gasteiger partial charge >= 0.3 is 0 Å². The number of aliphatic hydroxyl groups excluding tert-OH is 1. The van der Waals surface area contributed by atoms with Gasteiger partial charge in [-0.2, -0.15) is 0 Å². The molecule has 1 fully saturated rings. The minimum atomic E-state index is -0.747. The second-order valence-electron chi connectivity index (χ2n) is 4.71. The molecule has 0 radical (unpaired) electrons. The van der Waals surface area contributed by atoms with Crippen LogP contribution in [0.4, 0.5) is 0 Å². The van der Waals surface area contributed by atoms with E-state index in [0.29, 0.717) is 22.1 Å². The molecule has 1 saturated heterocycles. The van der Waals surface area contributed by atoms with Crippen molar-refractivity contribution in [2.24, 2.45) is 0 Å². The molecule has 1 aromatic carbocycles. The number of rotatable bonds is 4. The number of hydrogen-bond donors (Lipinski definition) is 1. The quantitative estimate of drug-likeness (QED) is 0.924. The first-order valence-electron chi connectivity index (χ1n) is 6.32. The standard InChI is InChI=1S/C14H19ClO4/c1-8-4-6-11(19-8)13(16)9-5-7-10(17-2)12(15)14(9)18-3/h5,7-8,11,13,16H,4,6H2,1-3H3. The zero-order valence-electron chi connectivity index (χ0n) is 11.4. The van der Waals surface area contributed by atoms with Crippen LogP contribution in [0.1, 0.15) is 31.4 Å². The zero-order chi connectivity index (χ0) is 14.0. The maximum absolute atomic E-state index is 10.4. The van der Waals surface area contributed by atoms with Crippen LogP contribution >= 0.6 is 11.6 Å². The molecule has 4 nitrogen and oxygen atoms in total. The van der Waals surface area contributed by atoms with Gasteiger partial charge in [0.1, 0.15) is 22.6 Å². The molecular formula is C14H19ClO4. The van der Waals surface area contributed by atoms with Crippen LogP contribution in [-0.2, 0) is 4.74 Å². The lowest BCUT2D eigenvalue weighted by Gasteiger charge is -2.22. The van der Waals surface area contributed by atoms with E-state index in [-0.39, 0.29) is 12.2 Å². The summed E-state index contributed by atoms with van der Waals surface area (Å²) in [7, 11) is 3.06. The van der Waals surface area contributed by atoms with Crippen LogP contribution in [-0.4, -0.2) is 31.5 Å². The third-order valence-electron chi connectivity index (χ3n) is 3.45. The Labute approximate surface area is 118 Å². The second-order valence-corrected chi connectivity index (χ2v) is 5.09. The first-order valence-corrected chi connectivity index (χ1v) is 6.70. The van der Waals surface area contributed by atoms with Gasteiger partial charge in [0.15, 0.2) is 0 Å². The van der Waals surface area contributed by atoms with E-state index in [9.17, 15) is 5.11 Å². The predicted molar refractivity (Wildman–Crippen MR) is 73.1 cm³/mol. The second kappa shape index (κ2) is 5.99. The van der Waals surface area contributed by atoms with Crippen LogP contribution in [0.25, 0.3) is 0 Å². The van der Waals surface area contributed by atoms with Crippen molar-refractivity contribution in [3.63, 3.8) is 0 Å². The van der Waals surface area contributed by atoms with Gasteiger partial charge in [0.25, 0.3) is 0 Å². The fourth-order valence-corrected chi connectivity index (χ4v) is 2.74. The molecule has 0 saturated carbocycles. The van der Waals surface area contributed by atoms with Crippen LogP contribution in [0, 0.1) is 0 Å². The monoisotopic (exact) mass is 286 g/mol. The highest BCUT2D eigenvalue weighted by atomic mass is 35.5. The summed E-state index contributed by atoms with van der Waals surface area (Å²) in [6, 6.07) is 3.49. The van der Waals surface area contributed by atoms with Crippen molar-refractivity contribution in [2.75, 3.05) is 14.2 Å². The Balaban J connectivity index is 2.31. The lowest BCUT2D eigenvalue weighted by atomic mass is 10.0. The van der Waals surface area contributed by atoms with Crippen molar-refractivity contribution < 1.29 is 19.3 Å². The Bertz CT molecular complexity index is 449. The zero-order valence-corrected chi connectivity index (χ0v) is 12.1. The highest BCUT2D eigenvalue weighted by Gasteiger charge is 2.32. The van der Waals surface area contributed by atoms with Crippen molar-refractivity contribution in [1.82, 2.24) is 0 Å². The van der Waals surface area contributed by atoms with Crippen LogP contribution in [0.5, 0.6) is 11.5 Å². The lowest BCUT2D eigenvalue weighted by molar-refractivity contribution is -0.0305. The average molecular weight is 287 g/mol. The Morgan fingerprint density at radius 3 is 2.58 bits per heavy atom. The summed E-state index contributed by atoms with van der Waals surface area (Å²) >= 11 is 6.19. The van der Waals surface area contributed by atoms with E-state index in [4.69, 9.17) is 25.8 Å². The lowest BCUT2D eigenvalue weighted by Crippen LogP contribution is -2.19. The topological polar surface area (TPSA) is 47.9 Å². The van der Waals surface area contributed by atoms with Gasteiger partial charge in [0.05, 0.1) is 26.4 Å². The maximum atomic E-state index is 10.4. The number of methoxy groups -OCH3 is 2. The van der Waals surface area contributed by atoms with Crippen molar-refractivity contribution in [3.8, 4) is 11.5 Å². The van der Waals surface area contributed by atoms with Gasteiger partial charge in [-0.3, -0.25) is 0 Å². The summed E-state index contributed by atoms with van der Waals surface area (Å²) in [6.45, 7) is 2.00. The first-order chi connectivity index (χ1) is 9.08. The molecule has 0 amide bonds. The van der Waals surface area contributed by atoms with E-state index in [0.717, 1.165) is 12.8 Å². The molecule has 5 heteroatoms. The number of benzene rings is 1. The molecule has 1 aliphatic heterocycles. The molecular weight excluding hydrogens is 268 g/mol. The van der Waals surface area contributed by atoms with E-state index in [1.807, 2.05) is 6.92 Å². The maximum Gasteiger partial charge on any atom is 0.147 e. The number of ether oxygens (including phenoxy) is 3. The fraction of sp³-hybridized carbons (Fsp3) is 0.571. The summed E-state index contributed by atoms with van der Waals surface area (Å²) in [5, 5.41) is 10.8. The molecule has 0 bridgehead atoms. The molecule has 3 atom stereocenters. The highest BCUT2D eigenvalue weighted by Crippen LogP contribution is 2.42. The minimum Gasteiger partial charge on any atom is -0.495 e. The van der Waals surface area contributed by atoms with Crippen molar-refractivity contribution >= 4 is 11.6 Å². The summed E-state index contributed by atoms with van der Waals surface area (Å²) in [6.07, 6.45) is 0.999.